The first-order chi connectivity index (χ1) is 26.4. The Morgan fingerprint density at radius 1 is 0.463 bits per heavy atom. The number of hydrogen-bond donors (Lipinski definition) is 0. The molecule has 8 nitrogen and oxygen atoms in total. The minimum Gasteiger partial charge on any atom is -0.497 e. The topological polar surface area (TPSA) is 83.8 Å². The number of carbonyl (C=O) groups is 2. The van der Waals surface area contributed by atoms with Gasteiger partial charge in [-0.1, -0.05) is 84.9 Å². The number of hydrogen-bond acceptors (Lipinski definition) is 6. The molecule has 0 spiro atoms. The molecule has 0 saturated heterocycles. The summed E-state index contributed by atoms with van der Waals surface area (Å²) >= 11 is 0. The Bertz CT molecular complexity index is 2370. The molecule has 0 radical (unpaired) electrons. The fourth-order valence-electron chi connectivity index (χ4n) is 6.67. The lowest BCUT2D eigenvalue weighted by molar-refractivity contribution is -0.117. The molecule has 2 aliphatic heterocycles. The van der Waals surface area contributed by atoms with Crippen LogP contribution in [0.15, 0.2) is 156 Å². The second-order valence-electron chi connectivity index (χ2n) is 12.9. The van der Waals surface area contributed by atoms with Crippen molar-refractivity contribution in [2.45, 2.75) is 0 Å². The molecule has 268 valence electrons. The van der Waals surface area contributed by atoms with Crippen LogP contribution in [0.3, 0.4) is 0 Å². The molecule has 0 aliphatic carbocycles. The number of anilines is 2. The van der Waals surface area contributed by atoms with E-state index < -0.39 is 0 Å². The summed E-state index contributed by atoms with van der Waals surface area (Å²) in [4.78, 5) is 37.5. The first-order valence-corrected chi connectivity index (χ1v) is 17.7. The molecule has 2 aliphatic rings. The molecular weight excluding hydrogens is 673 g/mol. The van der Waals surface area contributed by atoms with Crippen molar-refractivity contribution in [3.05, 3.63) is 168 Å². The maximum atomic E-state index is 12.5. The number of rotatable bonds is 6. The molecule has 2 amide bonds. The molecular formula is C46H40N4O4. The summed E-state index contributed by atoms with van der Waals surface area (Å²) in [5.41, 5.74) is 11.5. The van der Waals surface area contributed by atoms with E-state index in [-0.39, 0.29) is 24.9 Å². The van der Waals surface area contributed by atoms with Crippen LogP contribution in [0.2, 0.25) is 0 Å². The Labute approximate surface area is 315 Å². The number of aliphatic imine (C=N–C) groups is 2. The van der Waals surface area contributed by atoms with Gasteiger partial charge in [0.15, 0.2) is 0 Å². The molecule has 0 unspecified atom stereocenters. The fraction of sp³-hybridized carbons (Fsp3) is 0.130. The zero-order valence-electron chi connectivity index (χ0n) is 30.7. The van der Waals surface area contributed by atoms with E-state index in [1.54, 1.807) is 38.1 Å². The van der Waals surface area contributed by atoms with Crippen molar-refractivity contribution >= 4 is 34.6 Å². The highest BCUT2D eigenvalue weighted by molar-refractivity contribution is 6.21. The van der Waals surface area contributed by atoms with Gasteiger partial charge in [-0.15, -0.1) is 0 Å². The first-order valence-electron chi connectivity index (χ1n) is 17.7. The largest absolute Gasteiger partial charge is 0.497 e. The van der Waals surface area contributed by atoms with Gasteiger partial charge in [-0.3, -0.25) is 19.6 Å². The highest BCUT2D eigenvalue weighted by atomic mass is 16.5. The second kappa shape index (κ2) is 15.8. The Balaban J connectivity index is 0.000000167. The third-order valence-corrected chi connectivity index (χ3v) is 9.66. The van der Waals surface area contributed by atoms with E-state index in [9.17, 15) is 9.59 Å². The average molecular weight is 713 g/mol. The molecule has 0 bridgehead atoms. The van der Waals surface area contributed by atoms with Crippen molar-refractivity contribution in [3.8, 4) is 33.8 Å². The van der Waals surface area contributed by atoms with Crippen molar-refractivity contribution in [2.24, 2.45) is 9.98 Å². The number of carbonyl (C=O) groups excluding carboxylic acids is 2. The van der Waals surface area contributed by atoms with Crippen LogP contribution in [0.4, 0.5) is 11.4 Å². The molecule has 6 aromatic rings. The normalized spacial score (nSPS) is 13.6. The first kappa shape index (κ1) is 35.6. The average Bonchev–Trinajstić information content (AvgIpc) is 3.44. The molecule has 0 aromatic heterocycles. The number of para-hydroxylation sites is 1. The number of fused-ring (bicyclic) bond motifs is 2. The van der Waals surface area contributed by atoms with Crippen LogP contribution in [0.25, 0.3) is 22.3 Å². The van der Waals surface area contributed by atoms with Crippen LogP contribution < -0.4 is 19.3 Å². The van der Waals surface area contributed by atoms with Crippen LogP contribution in [0.1, 0.15) is 22.3 Å². The Morgan fingerprint density at radius 2 is 0.926 bits per heavy atom. The van der Waals surface area contributed by atoms with Gasteiger partial charge in [0, 0.05) is 36.3 Å². The van der Waals surface area contributed by atoms with E-state index in [0.717, 1.165) is 78.8 Å². The summed E-state index contributed by atoms with van der Waals surface area (Å²) in [6, 6.07) is 48.3. The predicted molar refractivity (Wildman–Crippen MR) is 218 cm³/mol. The van der Waals surface area contributed by atoms with Gasteiger partial charge in [0.2, 0.25) is 11.8 Å². The summed E-state index contributed by atoms with van der Waals surface area (Å²) in [7, 11) is 6.89. The minimum absolute atomic E-state index is 0.0211. The van der Waals surface area contributed by atoms with Crippen molar-refractivity contribution in [1.29, 1.82) is 0 Å². The van der Waals surface area contributed by atoms with E-state index >= 15 is 0 Å². The maximum Gasteiger partial charge on any atom is 0.248 e. The van der Waals surface area contributed by atoms with Crippen LogP contribution in [-0.4, -0.2) is 64.6 Å². The van der Waals surface area contributed by atoms with Gasteiger partial charge in [0.25, 0.3) is 0 Å². The van der Waals surface area contributed by atoms with Gasteiger partial charge >= 0.3 is 0 Å². The smallest absolute Gasteiger partial charge is 0.248 e. The van der Waals surface area contributed by atoms with Crippen molar-refractivity contribution in [3.63, 3.8) is 0 Å². The van der Waals surface area contributed by atoms with Crippen LogP contribution in [0.5, 0.6) is 11.5 Å². The van der Waals surface area contributed by atoms with Gasteiger partial charge in [-0.25, -0.2) is 0 Å². The number of amides is 2. The zero-order valence-corrected chi connectivity index (χ0v) is 30.7. The lowest BCUT2D eigenvalue weighted by Gasteiger charge is -2.19. The fourth-order valence-corrected chi connectivity index (χ4v) is 6.67. The number of nitrogens with zero attached hydrogens (tertiary/aromatic N) is 4. The zero-order chi connectivity index (χ0) is 37.6. The van der Waals surface area contributed by atoms with E-state index in [1.165, 1.54) is 0 Å². The molecule has 8 rings (SSSR count). The van der Waals surface area contributed by atoms with Crippen LogP contribution >= 0.6 is 0 Å². The van der Waals surface area contributed by atoms with Gasteiger partial charge in [0.05, 0.1) is 37.0 Å². The molecule has 0 atom stereocenters. The minimum atomic E-state index is -0.0337. The van der Waals surface area contributed by atoms with Crippen LogP contribution in [-0.2, 0) is 9.59 Å². The molecule has 6 aromatic carbocycles. The third kappa shape index (κ3) is 7.27. The quantitative estimate of drug-likeness (QED) is 0.174. The SMILES string of the molecule is COc1ccc(C2=NCC(=O)N(C)c3ccc(-c4ccccc4)cc32)cc1.COc1ccccc1C1=NCC(=O)N(C)c2ccc(-c3ccccc3)cc21. The van der Waals surface area contributed by atoms with Gasteiger partial charge in [0.1, 0.15) is 24.6 Å². The van der Waals surface area contributed by atoms with E-state index in [4.69, 9.17) is 9.47 Å². The van der Waals surface area contributed by atoms with Crippen molar-refractivity contribution < 1.29 is 19.1 Å². The lowest BCUT2D eigenvalue weighted by atomic mass is 9.95. The van der Waals surface area contributed by atoms with E-state index in [0.29, 0.717) is 0 Å². The summed E-state index contributed by atoms with van der Waals surface area (Å²) in [6.45, 7) is 0.243. The van der Waals surface area contributed by atoms with Gasteiger partial charge in [-0.2, -0.15) is 0 Å². The molecule has 54 heavy (non-hydrogen) atoms. The summed E-state index contributed by atoms with van der Waals surface area (Å²) in [5.74, 6) is 1.48. The molecule has 0 fully saturated rings. The summed E-state index contributed by atoms with van der Waals surface area (Å²) in [6.07, 6.45) is 0. The Morgan fingerprint density at radius 3 is 1.44 bits per heavy atom. The highest BCUT2D eigenvalue weighted by Crippen LogP contribution is 2.34. The Kier molecular flexibility index (Phi) is 10.4. The summed E-state index contributed by atoms with van der Waals surface area (Å²) < 4.78 is 10.8. The summed E-state index contributed by atoms with van der Waals surface area (Å²) in [5, 5.41) is 0. The monoisotopic (exact) mass is 712 g/mol. The van der Waals surface area contributed by atoms with Crippen LogP contribution in [0, 0.1) is 0 Å². The molecule has 0 saturated carbocycles. The molecule has 0 N–H and O–H groups in total. The Hall–Kier alpha value is -6.80. The van der Waals surface area contributed by atoms with E-state index in [2.05, 4.69) is 52.4 Å². The van der Waals surface area contributed by atoms with Gasteiger partial charge < -0.3 is 19.3 Å². The lowest BCUT2D eigenvalue weighted by Crippen LogP contribution is -2.27. The molecule has 2 heterocycles. The highest BCUT2D eigenvalue weighted by Gasteiger charge is 2.25. The number of benzodiazepines with no additional fused rings is 2. The standard InChI is InChI=1S/2C23H20N2O2/c1-25-20-13-12-17(16-8-4-3-5-9-16)14-19(20)23(24-15-22(25)26)18-10-6-7-11-21(18)27-2;1-25-21-13-10-18(16-6-4-3-5-7-16)14-20(21)23(24-15-22(25)26)17-8-11-19(27-2)12-9-17/h2*3-14H,15H2,1-2H3. The predicted octanol–water partition coefficient (Wildman–Crippen LogP) is 8.35. The van der Waals surface area contributed by atoms with Crippen molar-refractivity contribution in [2.75, 3.05) is 51.2 Å². The van der Waals surface area contributed by atoms with E-state index in [1.807, 2.05) is 103 Å². The van der Waals surface area contributed by atoms with Crippen molar-refractivity contribution in [1.82, 2.24) is 0 Å². The maximum absolute atomic E-state index is 12.5. The third-order valence-electron chi connectivity index (χ3n) is 9.66. The molecule has 8 heteroatoms. The number of ether oxygens (including phenoxy) is 2. The van der Waals surface area contributed by atoms with Gasteiger partial charge in [-0.05, 0) is 82.9 Å². The number of methoxy groups -OCH3 is 2. The second-order valence-corrected chi connectivity index (χ2v) is 12.9. The number of likely N-dealkylation sites (N-methyl/N-ethyl adjacent to an activating group) is 2. The number of benzene rings is 6.